The Balaban J connectivity index is 1.90. The highest BCUT2D eigenvalue weighted by atomic mass is 35.5. The van der Waals surface area contributed by atoms with Crippen LogP contribution in [0.2, 0.25) is 5.02 Å². The SMILES string of the molecule is CC1c2c(ccc3[nH]c(=O)cc(Cl)c23)N(CC(F)(F)P)C1c1ccc(C(F)(F)F)cc1. The molecule has 1 aliphatic rings. The quantitative estimate of drug-likeness (QED) is 0.355. The molecule has 31 heavy (non-hydrogen) atoms. The minimum absolute atomic E-state index is 0.188. The molecule has 2 aromatic carbocycles. The fourth-order valence-corrected chi connectivity index (χ4v) is 4.86. The fraction of sp³-hybridized carbons (Fsp3) is 0.286. The number of anilines is 1. The smallest absolute Gasteiger partial charge is 0.357 e. The highest BCUT2D eigenvalue weighted by Crippen LogP contribution is 2.53. The second kappa shape index (κ2) is 7.45. The minimum atomic E-state index is -4.49. The van der Waals surface area contributed by atoms with E-state index in [9.17, 15) is 26.7 Å². The minimum Gasteiger partial charge on any atom is -0.357 e. The van der Waals surface area contributed by atoms with Crippen LogP contribution in [0.3, 0.4) is 0 Å². The Morgan fingerprint density at radius 1 is 1.10 bits per heavy atom. The molecule has 1 aliphatic heterocycles. The number of pyridine rings is 1. The number of hydrogen-bond acceptors (Lipinski definition) is 2. The van der Waals surface area contributed by atoms with Crippen LogP contribution < -0.4 is 10.5 Å². The van der Waals surface area contributed by atoms with E-state index in [1.807, 2.05) is 6.92 Å². The predicted octanol–water partition coefficient (Wildman–Crippen LogP) is 6.33. The Bertz CT molecular complexity index is 1200. The molecule has 3 unspecified atom stereocenters. The summed E-state index contributed by atoms with van der Waals surface area (Å²) < 4.78 is 67.0. The van der Waals surface area contributed by atoms with Crippen LogP contribution in [0.1, 0.15) is 35.6 Å². The molecule has 0 aliphatic carbocycles. The summed E-state index contributed by atoms with van der Waals surface area (Å²) in [6.07, 6.45) is -4.49. The molecule has 0 bridgehead atoms. The van der Waals surface area contributed by atoms with Crippen LogP contribution in [0.25, 0.3) is 10.9 Å². The first-order valence-electron chi connectivity index (χ1n) is 9.33. The topological polar surface area (TPSA) is 36.1 Å². The van der Waals surface area contributed by atoms with Crippen LogP contribution in [-0.2, 0) is 6.18 Å². The molecule has 0 radical (unpaired) electrons. The summed E-state index contributed by atoms with van der Waals surface area (Å²) in [4.78, 5) is 16.0. The van der Waals surface area contributed by atoms with Gasteiger partial charge in [-0.25, -0.2) is 8.78 Å². The van der Waals surface area contributed by atoms with Crippen molar-refractivity contribution >= 4 is 37.4 Å². The van der Waals surface area contributed by atoms with Crippen molar-refractivity contribution in [3.8, 4) is 0 Å². The van der Waals surface area contributed by atoms with Crippen molar-refractivity contribution in [1.82, 2.24) is 4.98 Å². The standard InChI is InChI=1S/C21H17ClF5N2OP/c1-10-17-15(7-6-14-18(17)13(22)8-16(30)28-14)29(9-20(23,24)31)19(10)11-2-4-12(5-3-11)21(25,26)27/h2-8,10,19H,9,31H2,1H3,(H,28,30). The zero-order valence-electron chi connectivity index (χ0n) is 16.1. The van der Waals surface area contributed by atoms with E-state index in [4.69, 9.17) is 11.6 Å². The lowest BCUT2D eigenvalue weighted by Gasteiger charge is -2.32. The number of aromatic amines is 1. The lowest BCUT2D eigenvalue weighted by atomic mass is 9.89. The molecule has 0 amide bonds. The van der Waals surface area contributed by atoms with Gasteiger partial charge in [0.2, 0.25) is 5.56 Å². The molecule has 1 N–H and O–H groups in total. The molecular weight excluding hydrogens is 458 g/mol. The number of nitrogens with zero attached hydrogens (tertiary/aromatic N) is 1. The lowest BCUT2D eigenvalue weighted by Crippen LogP contribution is -2.35. The van der Waals surface area contributed by atoms with Gasteiger partial charge >= 0.3 is 6.18 Å². The number of aromatic nitrogens is 1. The number of H-pyrrole nitrogens is 1. The summed E-state index contributed by atoms with van der Waals surface area (Å²) in [5.74, 6) is -0.383. The zero-order chi connectivity index (χ0) is 22.7. The Morgan fingerprint density at radius 2 is 1.74 bits per heavy atom. The maximum atomic E-state index is 14.0. The molecule has 0 fully saturated rings. The molecule has 3 atom stereocenters. The van der Waals surface area contributed by atoms with E-state index < -0.39 is 35.5 Å². The van der Waals surface area contributed by atoms with Gasteiger partial charge in [-0.2, -0.15) is 13.2 Å². The van der Waals surface area contributed by atoms with Crippen molar-refractivity contribution in [2.75, 3.05) is 11.4 Å². The highest BCUT2D eigenvalue weighted by molar-refractivity contribution is 7.18. The Morgan fingerprint density at radius 3 is 2.32 bits per heavy atom. The molecule has 0 saturated carbocycles. The summed E-state index contributed by atoms with van der Waals surface area (Å²) in [5, 5.41) is 0.728. The van der Waals surface area contributed by atoms with Crippen molar-refractivity contribution in [2.45, 2.75) is 30.7 Å². The van der Waals surface area contributed by atoms with E-state index in [-0.39, 0.29) is 10.9 Å². The highest BCUT2D eigenvalue weighted by Gasteiger charge is 2.42. The molecule has 0 spiro atoms. The molecule has 3 nitrogen and oxygen atoms in total. The molecule has 3 aromatic rings. The summed E-state index contributed by atoms with van der Waals surface area (Å²) in [5.41, 5.74) is -2.23. The average Bonchev–Trinajstić information content (AvgIpc) is 2.91. The van der Waals surface area contributed by atoms with Crippen LogP contribution in [0.4, 0.5) is 27.6 Å². The first-order chi connectivity index (χ1) is 14.4. The third-order valence-corrected chi connectivity index (χ3v) is 5.99. The summed E-state index contributed by atoms with van der Waals surface area (Å²) in [6.45, 7) is 1.15. The van der Waals surface area contributed by atoms with Crippen LogP contribution in [0, 0.1) is 0 Å². The van der Waals surface area contributed by atoms with Gasteiger partial charge in [0, 0.05) is 23.1 Å². The first kappa shape index (κ1) is 22.0. The number of hydrogen-bond donors (Lipinski definition) is 1. The number of fused-ring (bicyclic) bond motifs is 3. The Kier molecular flexibility index (Phi) is 5.30. The van der Waals surface area contributed by atoms with Crippen LogP contribution >= 0.6 is 20.8 Å². The normalized spacial score (nSPS) is 19.2. The van der Waals surface area contributed by atoms with Gasteiger partial charge in [-0.05, 0) is 35.4 Å². The second-order valence-corrected chi connectivity index (χ2v) is 8.90. The van der Waals surface area contributed by atoms with Crippen LogP contribution in [0.5, 0.6) is 0 Å². The summed E-state index contributed by atoms with van der Waals surface area (Å²) in [6, 6.07) is 8.33. The maximum absolute atomic E-state index is 14.0. The predicted molar refractivity (Wildman–Crippen MR) is 114 cm³/mol. The first-order valence-corrected chi connectivity index (χ1v) is 10.3. The van der Waals surface area contributed by atoms with Gasteiger partial charge in [-0.1, -0.05) is 39.9 Å². The van der Waals surface area contributed by atoms with Gasteiger partial charge < -0.3 is 9.88 Å². The van der Waals surface area contributed by atoms with Gasteiger partial charge in [-0.15, -0.1) is 0 Å². The third kappa shape index (κ3) is 4.03. The average molecular weight is 475 g/mol. The van der Waals surface area contributed by atoms with Gasteiger partial charge in [0.15, 0.2) is 0 Å². The van der Waals surface area contributed by atoms with Gasteiger partial charge in [0.25, 0.3) is 5.66 Å². The van der Waals surface area contributed by atoms with Crippen molar-refractivity contribution in [3.63, 3.8) is 0 Å². The maximum Gasteiger partial charge on any atom is 0.416 e. The van der Waals surface area contributed by atoms with Gasteiger partial charge in [-0.3, -0.25) is 4.79 Å². The molecular formula is C21H17ClF5N2OP. The zero-order valence-corrected chi connectivity index (χ0v) is 18.0. The summed E-state index contributed by atoms with van der Waals surface area (Å²) >= 11 is 6.34. The van der Waals surface area contributed by atoms with Crippen LogP contribution in [-0.4, -0.2) is 17.2 Å². The van der Waals surface area contributed by atoms with Crippen molar-refractivity contribution < 1.29 is 22.0 Å². The van der Waals surface area contributed by atoms with Crippen molar-refractivity contribution in [3.05, 3.63) is 74.5 Å². The second-order valence-electron chi connectivity index (χ2n) is 7.64. The number of rotatable bonds is 3. The number of halogens is 6. The van der Waals surface area contributed by atoms with E-state index in [1.165, 1.54) is 32.3 Å². The molecule has 2 heterocycles. The lowest BCUT2D eigenvalue weighted by molar-refractivity contribution is -0.137. The fourth-order valence-electron chi connectivity index (χ4n) is 4.36. The number of benzene rings is 2. The largest absolute Gasteiger partial charge is 0.416 e. The molecule has 1 aromatic heterocycles. The summed E-state index contributed by atoms with van der Waals surface area (Å²) in [7, 11) is 1.50. The number of alkyl halides is 5. The molecule has 10 heteroatoms. The van der Waals surface area contributed by atoms with E-state index >= 15 is 0 Å². The Hall–Kier alpha value is -2.18. The third-order valence-electron chi connectivity index (χ3n) is 5.51. The molecule has 0 saturated heterocycles. The Labute approximate surface area is 181 Å². The van der Waals surface area contributed by atoms with Crippen molar-refractivity contribution in [2.24, 2.45) is 0 Å². The number of nitrogens with one attached hydrogen (secondary N) is 1. The van der Waals surface area contributed by atoms with Crippen LogP contribution in [0.15, 0.2) is 47.3 Å². The van der Waals surface area contributed by atoms with Gasteiger partial charge in [0.1, 0.15) is 0 Å². The molecule has 4 rings (SSSR count). The van der Waals surface area contributed by atoms with E-state index in [2.05, 4.69) is 4.98 Å². The monoisotopic (exact) mass is 474 g/mol. The van der Waals surface area contributed by atoms with E-state index in [1.54, 1.807) is 12.1 Å². The van der Waals surface area contributed by atoms with E-state index in [0.717, 1.165) is 12.1 Å². The van der Waals surface area contributed by atoms with E-state index in [0.29, 0.717) is 27.7 Å². The van der Waals surface area contributed by atoms with Crippen molar-refractivity contribution in [1.29, 1.82) is 0 Å². The molecule has 164 valence electrons. The van der Waals surface area contributed by atoms with Gasteiger partial charge in [0.05, 0.1) is 28.7 Å².